The maximum absolute atomic E-state index is 13.7. The standard InChI is InChI=1S/C31H41N3O6/c1-7-38-29(39-8-2)20(3)26(24-13-9-11-22-12-10-18-32-27(22)24)34-28(35)25(33-30(36)37)19-21-14-16-23(17-15-21)40-31(4,5)6/h9-18,20,25-26,29,33H,7-8,19H2,1-6H3,(H,34,35)(H,36,37)/t20-,25-,26?/m0/s1. The van der Waals surface area contributed by atoms with Crippen molar-refractivity contribution in [2.75, 3.05) is 13.2 Å². The van der Waals surface area contributed by atoms with Crippen LogP contribution in [0, 0.1) is 5.92 Å². The number of hydrogen-bond donors (Lipinski definition) is 3. The monoisotopic (exact) mass is 551 g/mol. The number of nitrogens with zero attached hydrogens (tertiary/aromatic N) is 1. The number of amides is 2. The van der Waals surface area contributed by atoms with Crippen LogP contribution in [0.5, 0.6) is 5.75 Å². The largest absolute Gasteiger partial charge is 0.488 e. The van der Waals surface area contributed by atoms with Gasteiger partial charge in [-0.3, -0.25) is 9.78 Å². The van der Waals surface area contributed by atoms with Crippen LogP contribution in [0.2, 0.25) is 0 Å². The molecular weight excluding hydrogens is 510 g/mol. The molecule has 0 radical (unpaired) electrons. The van der Waals surface area contributed by atoms with E-state index in [1.54, 1.807) is 6.20 Å². The average Bonchev–Trinajstić information content (AvgIpc) is 2.90. The van der Waals surface area contributed by atoms with Gasteiger partial charge in [0.2, 0.25) is 5.91 Å². The Balaban J connectivity index is 1.93. The molecule has 1 aromatic heterocycles. The molecule has 1 unspecified atom stereocenters. The number of fused-ring (bicyclic) bond motifs is 1. The quantitative estimate of drug-likeness (QED) is 0.241. The zero-order chi connectivity index (χ0) is 29.3. The molecule has 0 saturated carbocycles. The summed E-state index contributed by atoms with van der Waals surface area (Å²) in [5.41, 5.74) is 1.97. The third-order valence-corrected chi connectivity index (χ3v) is 6.32. The SMILES string of the molecule is CCOC(OCC)[C@@H](C)C(NC(=O)[C@H](Cc1ccc(OC(C)(C)C)cc1)NC(=O)O)c1cccc2cccnc12. The first-order chi connectivity index (χ1) is 19.0. The smallest absolute Gasteiger partial charge is 0.405 e. The Hall–Kier alpha value is -3.69. The van der Waals surface area contributed by atoms with Gasteiger partial charge in [0.05, 0.1) is 11.6 Å². The Morgan fingerprint density at radius 1 is 0.950 bits per heavy atom. The van der Waals surface area contributed by atoms with Crippen LogP contribution in [0.25, 0.3) is 10.9 Å². The summed E-state index contributed by atoms with van der Waals surface area (Å²) in [6.45, 7) is 12.5. The van der Waals surface area contributed by atoms with Crippen molar-refractivity contribution in [3.8, 4) is 5.75 Å². The maximum Gasteiger partial charge on any atom is 0.405 e. The molecule has 3 rings (SSSR count). The number of nitrogens with one attached hydrogen (secondary N) is 2. The molecule has 3 atom stereocenters. The lowest BCUT2D eigenvalue weighted by atomic mass is 9.91. The Labute approximate surface area is 236 Å². The van der Waals surface area contributed by atoms with E-state index in [1.165, 1.54) is 0 Å². The molecule has 40 heavy (non-hydrogen) atoms. The summed E-state index contributed by atoms with van der Waals surface area (Å²) in [6, 6.07) is 15.3. The molecular formula is C31H41N3O6. The summed E-state index contributed by atoms with van der Waals surface area (Å²) in [5.74, 6) is -0.0941. The zero-order valence-electron chi connectivity index (χ0n) is 24.1. The van der Waals surface area contributed by atoms with E-state index in [-0.39, 0.29) is 17.9 Å². The highest BCUT2D eigenvalue weighted by molar-refractivity contribution is 5.87. The van der Waals surface area contributed by atoms with E-state index in [1.807, 2.05) is 96.1 Å². The lowest BCUT2D eigenvalue weighted by Crippen LogP contribution is -2.50. The highest BCUT2D eigenvalue weighted by Crippen LogP contribution is 2.31. The minimum absolute atomic E-state index is 0.156. The fourth-order valence-electron chi connectivity index (χ4n) is 4.60. The van der Waals surface area contributed by atoms with Crippen LogP contribution >= 0.6 is 0 Å². The third-order valence-electron chi connectivity index (χ3n) is 6.32. The lowest BCUT2D eigenvalue weighted by Gasteiger charge is -2.33. The number of para-hydroxylation sites is 1. The molecule has 0 bridgehead atoms. The summed E-state index contributed by atoms with van der Waals surface area (Å²) in [5, 5.41) is 16.0. The zero-order valence-corrected chi connectivity index (χ0v) is 24.1. The van der Waals surface area contributed by atoms with Gasteiger partial charge < -0.3 is 30.0 Å². The topological polar surface area (TPSA) is 119 Å². The van der Waals surface area contributed by atoms with Crippen LogP contribution in [0.4, 0.5) is 4.79 Å². The van der Waals surface area contributed by atoms with Gasteiger partial charge in [-0.2, -0.15) is 0 Å². The number of pyridine rings is 1. The van der Waals surface area contributed by atoms with Gasteiger partial charge in [-0.25, -0.2) is 4.79 Å². The van der Waals surface area contributed by atoms with E-state index in [0.717, 1.165) is 22.0 Å². The second-order valence-electron chi connectivity index (χ2n) is 10.6. The highest BCUT2D eigenvalue weighted by Gasteiger charge is 2.33. The molecule has 3 aromatic rings. The van der Waals surface area contributed by atoms with Crippen molar-refractivity contribution in [3.63, 3.8) is 0 Å². The number of carbonyl (C=O) groups is 2. The first kappa shape index (κ1) is 30.8. The summed E-state index contributed by atoms with van der Waals surface area (Å²) >= 11 is 0. The molecule has 9 heteroatoms. The van der Waals surface area contributed by atoms with Crippen LogP contribution in [0.3, 0.4) is 0 Å². The molecule has 9 nitrogen and oxygen atoms in total. The van der Waals surface area contributed by atoms with Gasteiger partial charge in [-0.15, -0.1) is 0 Å². The van der Waals surface area contributed by atoms with E-state index in [4.69, 9.17) is 14.2 Å². The summed E-state index contributed by atoms with van der Waals surface area (Å²) < 4.78 is 17.7. The first-order valence-corrected chi connectivity index (χ1v) is 13.7. The van der Waals surface area contributed by atoms with Crippen molar-refractivity contribution in [1.82, 2.24) is 15.6 Å². The van der Waals surface area contributed by atoms with Gasteiger partial charge >= 0.3 is 6.09 Å². The van der Waals surface area contributed by atoms with Crippen molar-refractivity contribution in [3.05, 3.63) is 71.9 Å². The number of carbonyl (C=O) groups excluding carboxylic acids is 1. The molecule has 216 valence electrons. The third kappa shape index (κ3) is 8.66. The van der Waals surface area contributed by atoms with Crippen molar-refractivity contribution >= 4 is 22.9 Å². The highest BCUT2D eigenvalue weighted by atomic mass is 16.7. The summed E-state index contributed by atoms with van der Waals surface area (Å²) in [4.78, 5) is 30.0. The summed E-state index contributed by atoms with van der Waals surface area (Å²) in [7, 11) is 0. The van der Waals surface area contributed by atoms with Gasteiger partial charge in [0, 0.05) is 42.7 Å². The molecule has 2 aromatic carbocycles. The van der Waals surface area contributed by atoms with Crippen LogP contribution < -0.4 is 15.4 Å². The van der Waals surface area contributed by atoms with Crippen molar-refractivity contribution in [1.29, 1.82) is 0 Å². The van der Waals surface area contributed by atoms with Gasteiger partial charge in [-0.1, -0.05) is 43.3 Å². The number of carboxylic acid groups (broad SMARTS) is 1. The molecule has 0 fully saturated rings. The Bertz CT molecular complexity index is 1250. The van der Waals surface area contributed by atoms with Crippen molar-refractivity contribution in [2.45, 2.75) is 71.9 Å². The predicted molar refractivity (Wildman–Crippen MR) is 154 cm³/mol. The van der Waals surface area contributed by atoms with E-state index < -0.39 is 30.4 Å². The number of benzene rings is 2. The van der Waals surface area contributed by atoms with E-state index in [2.05, 4.69) is 15.6 Å². The molecule has 1 heterocycles. The molecule has 0 aliphatic rings. The van der Waals surface area contributed by atoms with Crippen LogP contribution in [-0.2, 0) is 20.7 Å². The van der Waals surface area contributed by atoms with E-state index >= 15 is 0 Å². The van der Waals surface area contributed by atoms with E-state index in [9.17, 15) is 14.7 Å². The summed E-state index contributed by atoms with van der Waals surface area (Å²) in [6.07, 6.45) is -0.0190. The number of aromatic nitrogens is 1. The van der Waals surface area contributed by atoms with Crippen molar-refractivity contribution < 1.29 is 28.9 Å². The van der Waals surface area contributed by atoms with E-state index in [0.29, 0.717) is 19.0 Å². The maximum atomic E-state index is 13.7. The lowest BCUT2D eigenvalue weighted by molar-refractivity contribution is -0.170. The van der Waals surface area contributed by atoms with Gasteiger partial charge in [-0.05, 0) is 58.4 Å². The Morgan fingerprint density at radius 3 is 2.20 bits per heavy atom. The fraction of sp³-hybridized carbons (Fsp3) is 0.452. The molecule has 0 spiro atoms. The molecule has 3 N–H and O–H groups in total. The molecule has 0 aliphatic carbocycles. The van der Waals surface area contributed by atoms with Crippen LogP contribution in [-0.4, -0.2) is 53.2 Å². The molecule has 2 amide bonds. The van der Waals surface area contributed by atoms with Crippen LogP contribution in [0.15, 0.2) is 60.8 Å². The number of ether oxygens (including phenoxy) is 3. The van der Waals surface area contributed by atoms with Gasteiger partial charge in [0.15, 0.2) is 6.29 Å². The average molecular weight is 552 g/mol. The van der Waals surface area contributed by atoms with Gasteiger partial charge in [0.1, 0.15) is 17.4 Å². The Kier molecular flexibility index (Phi) is 10.9. The molecule has 0 saturated heterocycles. The second-order valence-corrected chi connectivity index (χ2v) is 10.6. The number of rotatable bonds is 13. The second kappa shape index (κ2) is 14.1. The van der Waals surface area contributed by atoms with Crippen molar-refractivity contribution in [2.24, 2.45) is 5.92 Å². The molecule has 0 aliphatic heterocycles. The first-order valence-electron chi connectivity index (χ1n) is 13.7. The normalized spacial score (nSPS) is 14.0. The number of hydrogen-bond acceptors (Lipinski definition) is 6. The minimum Gasteiger partial charge on any atom is -0.488 e. The minimum atomic E-state index is -1.29. The van der Waals surface area contributed by atoms with Crippen LogP contribution in [0.1, 0.15) is 58.7 Å². The van der Waals surface area contributed by atoms with Gasteiger partial charge in [0.25, 0.3) is 0 Å². The Morgan fingerprint density at radius 2 is 1.60 bits per heavy atom. The fourth-order valence-corrected chi connectivity index (χ4v) is 4.60. The predicted octanol–water partition coefficient (Wildman–Crippen LogP) is 5.48.